The van der Waals surface area contributed by atoms with Crippen LogP contribution in [-0.4, -0.2) is 23.4 Å². The van der Waals surface area contributed by atoms with Gasteiger partial charge in [0.1, 0.15) is 12.4 Å². The van der Waals surface area contributed by atoms with Gasteiger partial charge in [-0.15, -0.1) is 0 Å². The van der Waals surface area contributed by atoms with Gasteiger partial charge in [-0.25, -0.2) is 0 Å². The lowest BCUT2D eigenvalue weighted by Crippen LogP contribution is -2.01. The van der Waals surface area contributed by atoms with Crippen molar-refractivity contribution in [3.8, 4) is 5.75 Å². The molecule has 0 N–H and O–H groups in total. The molecule has 5 heteroatoms. The molecule has 1 rings (SSSR count). The predicted molar refractivity (Wildman–Crippen MR) is 61.2 cm³/mol. The molecule has 0 fully saturated rings. The molecular formula is C11H9ClN2O2. The Kier molecular flexibility index (Phi) is 4.45. The Morgan fingerprint density at radius 3 is 2.94 bits per heavy atom. The van der Waals surface area contributed by atoms with E-state index >= 15 is 0 Å². The minimum Gasteiger partial charge on any atom is -0.488 e. The van der Waals surface area contributed by atoms with Crippen molar-refractivity contribution < 1.29 is 14.3 Å². The third kappa shape index (κ3) is 3.05. The first-order chi connectivity index (χ1) is 7.69. The van der Waals surface area contributed by atoms with E-state index in [0.29, 0.717) is 22.9 Å². The Bertz CT molecular complexity index is 465. The van der Waals surface area contributed by atoms with Crippen molar-refractivity contribution in [2.45, 2.75) is 0 Å². The summed E-state index contributed by atoms with van der Waals surface area (Å²) in [6.45, 7) is 3.85. The van der Waals surface area contributed by atoms with E-state index in [2.05, 4.69) is 11.4 Å². The predicted octanol–water partition coefficient (Wildman–Crippen LogP) is 2.39. The van der Waals surface area contributed by atoms with Crippen molar-refractivity contribution in [3.05, 3.63) is 47.0 Å². The highest BCUT2D eigenvalue weighted by molar-refractivity contribution is 6.36. The van der Waals surface area contributed by atoms with E-state index in [-0.39, 0.29) is 0 Å². The monoisotopic (exact) mass is 236 g/mol. The summed E-state index contributed by atoms with van der Waals surface area (Å²) >= 11 is 5.89. The summed E-state index contributed by atoms with van der Waals surface area (Å²) in [6, 6.07) is 4.56. The summed E-state index contributed by atoms with van der Waals surface area (Å²) in [6.07, 6.45) is 2.39. The van der Waals surface area contributed by atoms with Crippen LogP contribution in [0.5, 0.6) is 5.75 Å². The zero-order valence-corrected chi connectivity index (χ0v) is 9.15. The van der Waals surface area contributed by atoms with Gasteiger partial charge < -0.3 is 10.3 Å². The SMILES string of the molecule is C=CCOc1ccc(C(=O)C=[N+]=[N-])cc1Cl. The van der Waals surface area contributed by atoms with E-state index in [0.717, 1.165) is 6.21 Å². The Balaban J connectivity index is 2.94. The molecule has 0 saturated carbocycles. The summed E-state index contributed by atoms with van der Waals surface area (Å²) < 4.78 is 5.24. The zero-order valence-electron chi connectivity index (χ0n) is 8.39. The van der Waals surface area contributed by atoms with Gasteiger partial charge in [-0.05, 0) is 18.2 Å². The van der Waals surface area contributed by atoms with Gasteiger partial charge >= 0.3 is 6.21 Å². The van der Waals surface area contributed by atoms with Crippen LogP contribution in [0.2, 0.25) is 5.02 Å². The van der Waals surface area contributed by atoms with E-state index in [1.165, 1.54) is 12.1 Å². The lowest BCUT2D eigenvalue weighted by atomic mass is 10.1. The van der Waals surface area contributed by atoms with Crippen molar-refractivity contribution in [1.29, 1.82) is 0 Å². The molecule has 0 aliphatic rings. The number of hydrogen-bond donors (Lipinski definition) is 0. The summed E-state index contributed by atoms with van der Waals surface area (Å²) in [7, 11) is 0. The molecule has 16 heavy (non-hydrogen) atoms. The third-order valence-corrected chi connectivity index (χ3v) is 2.04. The van der Waals surface area contributed by atoms with Crippen molar-refractivity contribution in [2.75, 3.05) is 6.61 Å². The number of carbonyl (C=O) groups excluding carboxylic acids is 1. The van der Waals surface area contributed by atoms with Crippen LogP contribution in [0.1, 0.15) is 10.4 Å². The standard InChI is InChI=1S/C11H9ClN2O2/c1-2-5-16-11-4-3-8(6-9(11)12)10(15)7-14-13/h2-4,6-7H,1,5H2. The van der Waals surface area contributed by atoms with Gasteiger partial charge in [-0.3, -0.25) is 4.79 Å². The van der Waals surface area contributed by atoms with Crippen LogP contribution in [0.4, 0.5) is 0 Å². The van der Waals surface area contributed by atoms with Crippen LogP contribution in [0.15, 0.2) is 30.9 Å². The number of nitrogens with zero attached hydrogens (tertiary/aromatic N) is 2. The first-order valence-corrected chi connectivity index (χ1v) is 4.82. The summed E-state index contributed by atoms with van der Waals surface area (Å²) in [5.74, 6) is 0.0405. The summed E-state index contributed by atoms with van der Waals surface area (Å²) in [4.78, 5) is 13.9. The van der Waals surface area contributed by atoms with Crippen molar-refractivity contribution in [3.63, 3.8) is 0 Å². The van der Waals surface area contributed by atoms with Gasteiger partial charge in [-0.2, -0.15) is 4.79 Å². The third-order valence-electron chi connectivity index (χ3n) is 1.75. The summed E-state index contributed by atoms with van der Waals surface area (Å²) in [5.41, 5.74) is 8.55. The maximum absolute atomic E-state index is 11.3. The number of ketones is 1. The zero-order chi connectivity index (χ0) is 12.0. The van der Waals surface area contributed by atoms with Crippen molar-refractivity contribution >= 4 is 23.6 Å². The van der Waals surface area contributed by atoms with Gasteiger partial charge in [-0.1, -0.05) is 24.3 Å². The minimum absolute atomic E-state index is 0.319. The highest BCUT2D eigenvalue weighted by Gasteiger charge is 2.10. The molecule has 4 nitrogen and oxygen atoms in total. The molecule has 1 aromatic carbocycles. The largest absolute Gasteiger partial charge is 0.488 e. The molecular weight excluding hydrogens is 228 g/mol. The average molecular weight is 237 g/mol. The van der Waals surface area contributed by atoms with Crippen molar-refractivity contribution in [1.82, 2.24) is 0 Å². The molecule has 0 aromatic heterocycles. The van der Waals surface area contributed by atoms with Gasteiger partial charge in [0, 0.05) is 5.56 Å². The van der Waals surface area contributed by atoms with Crippen molar-refractivity contribution in [2.24, 2.45) is 0 Å². The molecule has 0 atom stereocenters. The number of halogens is 1. The first-order valence-electron chi connectivity index (χ1n) is 4.44. The van der Waals surface area contributed by atoms with Crippen LogP contribution < -0.4 is 4.74 Å². The Hall–Kier alpha value is -1.90. The smallest absolute Gasteiger partial charge is 0.328 e. The van der Waals surface area contributed by atoms with Crippen LogP contribution >= 0.6 is 11.6 Å². The van der Waals surface area contributed by atoms with E-state index in [9.17, 15) is 4.79 Å². The molecule has 82 valence electrons. The van der Waals surface area contributed by atoms with Gasteiger partial charge in [0.15, 0.2) is 0 Å². The lowest BCUT2D eigenvalue weighted by Gasteiger charge is -2.05. The molecule has 0 amide bonds. The molecule has 0 aliphatic heterocycles. The van der Waals surface area contributed by atoms with Gasteiger partial charge in [0.2, 0.25) is 0 Å². The van der Waals surface area contributed by atoms with E-state index < -0.39 is 5.78 Å². The van der Waals surface area contributed by atoms with E-state index in [1.807, 2.05) is 0 Å². The number of rotatable bonds is 5. The van der Waals surface area contributed by atoms with Crippen LogP contribution in [0.3, 0.4) is 0 Å². The molecule has 0 radical (unpaired) electrons. The molecule has 0 spiro atoms. The lowest BCUT2D eigenvalue weighted by molar-refractivity contribution is 0.00235. The molecule has 0 aliphatic carbocycles. The number of ether oxygens (including phenoxy) is 1. The van der Waals surface area contributed by atoms with Crippen LogP contribution in [0.25, 0.3) is 5.53 Å². The fourth-order valence-electron chi connectivity index (χ4n) is 1.05. The fourth-order valence-corrected chi connectivity index (χ4v) is 1.28. The molecule has 1 aromatic rings. The van der Waals surface area contributed by atoms with Gasteiger partial charge in [0.25, 0.3) is 5.78 Å². The number of benzene rings is 1. The quantitative estimate of drug-likeness (QED) is 0.259. The second-order valence-electron chi connectivity index (χ2n) is 2.85. The van der Waals surface area contributed by atoms with E-state index in [4.69, 9.17) is 21.9 Å². The second-order valence-corrected chi connectivity index (χ2v) is 3.26. The molecule has 0 saturated heterocycles. The highest BCUT2D eigenvalue weighted by atomic mass is 35.5. The molecule has 0 heterocycles. The maximum Gasteiger partial charge on any atom is 0.328 e. The number of hydrogen-bond acceptors (Lipinski definition) is 2. The number of Topliss-reactive ketones (excluding diaryl/α,β-unsaturated/α-hetero) is 1. The Morgan fingerprint density at radius 2 is 2.38 bits per heavy atom. The number of carbonyl (C=O) groups is 1. The normalized spacial score (nSPS) is 9.06. The average Bonchev–Trinajstić information content (AvgIpc) is 2.27. The Morgan fingerprint density at radius 1 is 1.62 bits per heavy atom. The van der Waals surface area contributed by atoms with Gasteiger partial charge in [0.05, 0.1) is 5.02 Å². The van der Waals surface area contributed by atoms with Crippen LogP contribution in [-0.2, 0) is 0 Å². The first kappa shape index (κ1) is 12.2. The molecule has 0 bridgehead atoms. The highest BCUT2D eigenvalue weighted by Crippen LogP contribution is 2.25. The maximum atomic E-state index is 11.3. The second kappa shape index (κ2) is 5.85. The topological polar surface area (TPSA) is 62.7 Å². The molecule has 0 unspecified atom stereocenters. The minimum atomic E-state index is -0.431. The Labute approximate surface area is 97.7 Å². The summed E-state index contributed by atoms with van der Waals surface area (Å²) in [5, 5.41) is 0.319. The van der Waals surface area contributed by atoms with E-state index in [1.54, 1.807) is 12.1 Å². The van der Waals surface area contributed by atoms with Crippen LogP contribution in [0, 0.1) is 0 Å². The fraction of sp³-hybridized carbons (Fsp3) is 0.0909.